The standard InChI is InChI=1S/C24H27N3O3S2/c1-16-2-7-21-22(14-16)31-24(26-21)18-3-5-19(6-4-18)25-23(28)17-8-11-27(12-9-17)20-10-13-32(29,30)15-20/h2-7,14,17,20H,8-13,15H2,1H3,(H,25,28)/t20-/m0/s1. The smallest absolute Gasteiger partial charge is 0.227 e. The van der Waals surface area contributed by atoms with E-state index in [0.29, 0.717) is 5.75 Å². The SMILES string of the molecule is Cc1ccc2nc(-c3ccc(NC(=O)C4CCN([C@H]5CCS(=O)(=O)C5)CC4)cc3)sc2c1. The molecule has 1 N–H and O–H groups in total. The molecule has 0 aliphatic carbocycles. The Morgan fingerprint density at radius 1 is 1.09 bits per heavy atom. The first-order valence-electron chi connectivity index (χ1n) is 11.1. The van der Waals surface area contributed by atoms with Gasteiger partial charge in [-0.3, -0.25) is 9.69 Å². The first kappa shape index (κ1) is 21.6. The number of rotatable bonds is 4. The van der Waals surface area contributed by atoms with Gasteiger partial charge in [0.2, 0.25) is 5.91 Å². The van der Waals surface area contributed by atoms with Crippen molar-refractivity contribution >= 4 is 43.0 Å². The van der Waals surface area contributed by atoms with Gasteiger partial charge in [0.15, 0.2) is 9.84 Å². The number of nitrogens with one attached hydrogen (secondary N) is 1. The fraction of sp³-hybridized carbons (Fsp3) is 0.417. The molecule has 1 amide bonds. The van der Waals surface area contributed by atoms with Crippen molar-refractivity contribution in [2.45, 2.75) is 32.2 Å². The van der Waals surface area contributed by atoms with Crippen LogP contribution in [-0.2, 0) is 14.6 Å². The number of hydrogen-bond donors (Lipinski definition) is 1. The summed E-state index contributed by atoms with van der Waals surface area (Å²) in [5.41, 5.74) is 4.07. The number of anilines is 1. The lowest BCUT2D eigenvalue weighted by Crippen LogP contribution is -2.44. The fourth-order valence-electron chi connectivity index (χ4n) is 4.69. The molecule has 2 fully saturated rings. The Kier molecular flexibility index (Phi) is 5.77. The maximum Gasteiger partial charge on any atom is 0.227 e. The van der Waals surface area contributed by atoms with Gasteiger partial charge >= 0.3 is 0 Å². The predicted molar refractivity (Wildman–Crippen MR) is 130 cm³/mol. The Morgan fingerprint density at radius 2 is 1.84 bits per heavy atom. The van der Waals surface area contributed by atoms with Crippen molar-refractivity contribution in [1.82, 2.24) is 9.88 Å². The van der Waals surface area contributed by atoms with Crippen molar-refractivity contribution < 1.29 is 13.2 Å². The summed E-state index contributed by atoms with van der Waals surface area (Å²) in [6.07, 6.45) is 2.26. The summed E-state index contributed by atoms with van der Waals surface area (Å²) >= 11 is 1.68. The van der Waals surface area contributed by atoms with Crippen LogP contribution in [0.25, 0.3) is 20.8 Å². The van der Waals surface area contributed by atoms with E-state index >= 15 is 0 Å². The minimum Gasteiger partial charge on any atom is -0.326 e. The summed E-state index contributed by atoms with van der Waals surface area (Å²) in [4.78, 5) is 19.7. The van der Waals surface area contributed by atoms with Crippen LogP contribution >= 0.6 is 11.3 Å². The van der Waals surface area contributed by atoms with Gasteiger partial charge in [-0.1, -0.05) is 6.07 Å². The van der Waals surface area contributed by atoms with Gasteiger partial charge in [-0.25, -0.2) is 13.4 Å². The summed E-state index contributed by atoms with van der Waals surface area (Å²) in [7, 11) is -2.87. The second kappa shape index (κ2) is 8.57. The third-order valence-electron chi connectivity index (χ3n) is 6.57. The largest absolute Gasteiger partial charge is 0.326 e. The summed E-state index contributed by atoms with van der Waals surface area (Å²) < 4.78 is 24.7. The maximum absolute atomic E-state index is 12.8. The van der Waals surface area contributed by atoms with E-state index in [0.717, 1.165) is 54.1 Å². The number of nitrogens with zero attached hydrogens (tertiary/aromatic N) is 2. The van der Waals surface area contributed by atoms with Crippen LogP contribution in [0.2, 0.25) is 0 Å². The summed E-state index contributed by atoms with van der Waals surface area (Å²) in [5.74, 6) is 0.582. The van der Waals surface area contributed by atoms with Gasteiger partial charge in [-0.05, 0) is 81.2 Å². The van der Waals surface area contributed by atoms with Crippen molar-refractivity contribution in [3.63, 3.8) is 0 Å². The van der Waals surface area contributed by atoms with Crippen molar-refractivity contribution in [2.75, 3.05) is 29.9 Å². The molecule has 1 atom stereocenters. The Bertz CT molecular complexity index is 1240. The van der Waals surface area contributed by atoms with Crippen LogP contribution in [0.3, 0.4) is 0 Å². The minimum atomic E-state index is -2.87. The average Bonchev–Trinajstić information content (AvgIpc) is 3.36. The quantitative estimate of drug-likeness (QED) is 0.622. The first-order chi connectivity index (χ1) is 15.4. The molecule has 3 aromatic rings. The summed E-state index contributed by atoms with van der Waals surface area (Å²) in [6, 6.07) is 14.3. The van der Waals surface area contributed by atoms with E-state index in [-0.39, 0.29) is 23.6 Å². The number of aromatic nitrogens is 1. The van der Waals surface area contributed by atoms with Crippen molar-refractivity contribution in [3.05, 3.63) is 48.0 Å². The zero-order chi connectivity index (χ0) is 22.3. The maximum atomic E-state index is 12.8. The molecular weight excluding hydrogens is 442 g/mol. The second-order valence-corrected chi connectivity index (χ2v) is 12.2. The Morgan fingerprint density at radius 3 is 2.53 bits per heavy atom. The van der Waals surface area contributed by atoms with Gasteiger partial charge in [-0.15, -0.1) is 11.3 Å². The molecule has 0 radical (unpaired) electrons. The highest BCUT2D eigenvalue weighted by Gasteiger charge is 2.35. The number of fused-ring (bicyclic) bond motifs is 1. The topological polar surface area (TPSA) is 79.4 Å². The molecule has 168 valence electrons. The molecule has 6 nitrogen and oxygen atoms in total. The number of aryl methyl sites for hydroxylation is 1. The monoisotopic (exact) mass is 469 g/mol. The number of amides is 1. The minimum absolute atomic E-state index is 0.0311. The zero-order valence-corrected chi connectivity index (χ0v) is 19.7. The first-order valence-corrected chi connectivity index (χ1v) is 13.7. The number of hydrogen-bond acceptors (Lipinski definition) is 6. The van der Waals surface area contributed by atoms with Gasteiger partial charge in [0.1, 0.15) is 5.01 Å². The summed E-state index contributed by atoms with van der Waals surface area (Å²) in [5, 5.41) is 4.03. The van der Waals surface area contributed by atoms with E-state index in [4.69, 9.17) is 4.98 Å². The molecule has 2 saturated heterocycles. The number of sulfone groups is 1. The molecule has 5 rings (SSSR count). The van der Waals surface area contributed by atoms with Crippen molar-refractivity contribution in [2.24, 2.45) is 5.92 Å². The zero-order valence-electron chi connectivity index (χ0n) is 18.1. The fourth-order valence-corrected chi connectivity index (χ4v) is 7.52. The lowest BCUT2D eigenvalue weighted by atomic mass is 9.94. The van der Waals surface area contributed by atoms with Crippen molar-refractivity contribution in [1.29, 1.82) is 0 Å². The van der Waals surface area contributed by atoms with Crippen LogP contribution in [0.15, 0.2) is 42.5 Å². The molecular formula is C24H27N3O3S2. The number of carbonyl (C=O) groups is 1. The molecule has 0 spiro atoms. The highest BCUT2D eigenvalue weighted by molar-refractivity contribution is 7.91. The van der Waals surface area contributed by atoms with E-state index in [1.165, 1.54) is 10.3 Å². The van der Waals surface area contributed by atoms with E-state index in [1.54, 1.807) is 11.3 Å². The lowest BCUT2D eigenvalue weighted by Gasteiger charge is -2.34. The van der Waals surface area contributed by atoms with Crippen LogP contribution in [-0.4, -0.2) is 54.8 Å². The van der Waals surface area contributed by atoms with Gasteiger partial charge in [0.25, 0.3) is 0 Å². The molecule has 32 heavy (non-hydrogen) atoms. The van der Waals surface area contributed by atoms with Crippen LogP contribution in [0, 0.1) is 12.8 Å². The molecule has 2 aliphatic rings. The molecule has 0 saturated carbocycles. The molecule has 1 aromatic heterocycles. The van der Waals surface area contributed by atoms with E-state index in [1.807, 2.05) is 24.3 Å². The van der Waals surface area contributed by atoms with Gasteiger partial charge in [-0.2, -0.15) is 0 Å². The number of benzene rings is 2. The molecule has 2 aliphatic heterocycles. The van der Waals surface area contributed by atoms with Gasteiger partial charge < -0.3 is 5.32 Å². The number of likely N-dealkylation sites (tertiary alicyclic amines) is 1. The average molecular weight is 470 g/mol. The van der Waals surface area contributed by atoms with Crippen LogP contribution < -0.4 is 5.32 Å². The normalized spacial score (nSPS) is 21.7. The lowest BCUT2D eigenvalue weighted by molar-refractivity contribution is -0.121. The molecule has 0 unspecified atom stereocenters. The van der Waals surface area contributed by atoms with E-state index in [9.17, 15) is 13.2 Å². The molecule has 2 aromatic carbocycles. The van der Waals surface area contributed by atoms with Gasteiger partial charge in [0.05, 0.1) is 21.7 Å². The van der Waals surface area contributed by atoms with Gasteiger partial charge in [0, 0.05) is 23.2 Å². The number of thiazole rings is 1. The highest BCUT2D eigenvalue weighted by Crippen LogP contribution is 2.31. The Hall–Kier alpha value is -2.29. The van der Waals surface area contributed by atoms with Crippen molar-refractivity contribution in [3.8, 4) is 10.6 Å². The summed E-state index contributed by atoms with van der Waals surface area (Å²) in [6.45, 7) is 3.65. The van der Waals surface area contributed by atoms with Crippen LogP contribution in [0.5, 0.6) is 0 Å². The highest BCUT2D eigenvalue weighted by atomic mass is 32.2. The van der Waals surface area contributed by atoms with Crippen LogP contribution in [0.1, 0.15) is 24.8 Å². The third-order valence-corrected chi connectivity index (χ3v) is 9.39. The number of piperidine rings is 1. The third kappa shape index (κ3) is 4.58. The Balaban J connectivity index is 1.18. The van der Waals surface area contributed by atoms with Crippen LogP contribution in [0.4, 0.5) is 5.69 Å². The Labute approximate surface area is 192 Å². The number of carbonyl (C=O) groups excluding carboxylic acids is 1. The molecule has 3 heterocycles. The molecule has 0 bridgehead atoms. The van der Waals surface area contributed by atoms with E-state index < -0.39 is 9.84 Å². The molecule has 8 heteroatoms. The van der Waals surface area contributed by atoms with E-state index in [2.05, 4.69) is 35.3 Å². The predicted octanol–water partition coefficient (Wildman–Crippen LogP) is 4.11. The second-order valence-electron chi connectivity index (χ2n) is 8.92.